The molecule has 18 heavy (non-hydrogen) atoms. The molecule has 1 heterocycles. The largest absolute Gasteiger partial charge is 0.475 e. The van der Waals surface area contributed by atoms with Crippen molar-refractivity contribution in [1.29, 1.82) is 0 Å². The number of carboxylic acids is 1. The molecule has 0 aliphatic heterocycles. The van der Waals surface area contributed by atoms with Crippen LogP contribution in [0.5, 0.6) is 0 Å². The first-order valence-corrected chi connectivity index (χ1v) is 5.81. The molecule has 0 radical (unpaired) electrons. The van der Waals surface area contributed by atoms with Crippen LogP contribution in [0.3, 0.4) is 0 Å². The third-order valence-electron chi connectivity index (χ3n) is 3.09. The molecule has 0 bridgehead atoms. The molecule has 0 saturated heterocycles. The summed E-state index contributed by atoms with van der Waals surface area (Å²) in [5.74, 6) is -1.10. The van der Waals surface area contributed by atoms with Crippen LogP contribution in [0.15, 0.2) is 34.7 Å². The van der Waals surface area contributed by atoms with Gasteiger partial charge in [-0.05, 0) is 13.0 Å². The van der Waals surface area contributed by atoms with Gasteiger partial charge in [0.15, 0.2) is 0 Å². The van der Waals surface area contributed by atoms with Gasteiger partial charge >= 0.3 is 5.97 Å². The van der Waals surface area contributed by atoms with E-state index in [1.54, 1.807) is 13.0 Å². The van der Waals surface area contributed by atoms with Gasteiger partial charge in [-0.1, -0.05) is 35.9 Å². The Morgan fingerprint density at radius 1 is 1.22 bits per heavy atom. The Balaban J connectivity index is 2.56. The zero-order valence-electron chi connectivity index (χ0n) is 9.53. The van der Waals surface area contributed by atoms with Crippen LogP contribution in [-0.2, 0) is 0 Å². The van der Waals surface area contributed by atoms with Crippen LogP contribution in [0.4, 0.5) is 0 Å². The molecule has 0 fully saturated rings. The van der Waals surface area contributed by atoms with Gasteiger partial charge in [-0.2, -0.15) is 0 Å². The molecule has 4 heteroatoms. The number of carboxylic acid groups (broad SMARTS) is 1. The van der Waals surface area contributed by atoms with Crippen molar-refractivity contribution in [1.82, 2.24) is 0 Å². The molecular formula is C14H9ClO3. The lowest BCUT2D eigenvalue weighted by molar-refractivity contribution is 0.0664. The molecule has 0 spiro atoms. The lowest BCUT2D eigenvalue weighted by atomic mass is 10.1. The van der Waals surface area contributed by atoms with Crippen molar-refractivity contribution >= 4 is 39.3 Å². The number of halogens is 1. The molecule has 0 saturated carbocycles. The topological polar surface area (TPSA) is 50.4 Å². The third-order valence-corrected chi connectivity index (χ3v) is 3.40. The second-order valence-electron chi connectivity index (χ2n) is 4.14. The minimum atomic E-state index is -1.07. The van der Waals surface area contributed by atoms with Crippen molar-refractivity contribution in [2.75, 3.05) is 0 Å². The summed E-state index contributed by atoms with van der Waals surface area (Å²) in [6, 6.07) is 9.27. The molecule has 0 atom stereocenters. The number of aryl methyl sites for hydroxylation is 1. The highest BCUT2D eigenvalue weighted by molar-refractivity contribution is 6.37. The van der Waals surface area contributed by atoms with E-state index in [1.807, 2.05) is 24.3 Å². The normalized spacial score (nSPS) is 11.2. The summed E-state index contributed by atoms with van der Waals surface area (Å²) in [7, 11) is 0. The van der Waals surface area contributed by atoms with Gasteiger partial charge in [0.25, 0.3) is 0 Å². The summed E-state index contributed by atoms with van der Waals surface area (Å²) in [4.78, 5) is 11.1. The molecule has 1 N–H and O–H groups in total. The number of rotatable bonds is 1. The molecular weight excluding hydrogens is 252 g/mol. The van der Waals surface area contributed by atoms with Gasteiger partial charge in [0, 0.05) is 26.7 Å². The molecule has 0 aliphatic carbocycles. The average molecular weight is 261 g/mol. The van der Waals surface area contributed by atoms with Crippen LogP contribution in [-0.4, -0.2) is 11.1 Å². The Kier molecular flexibility index (Phi) is 2.31. The summed E-state index contributed by atoms with van der Waals surface area (Å²) in [6.07, 6.45) is 0. The Morgan fingerprint density at radius 2 is 1.89 bits per heavy atom. The van der Waals surface area contributed by atoms with E-state index in [1.165, 1.54) is 0 Å². The summed E-state index contributed by atoms with van der Waals surface area (Å²) in [5, 5.41) is 12.1. The van der Waals surface area contributed by atoms with E-state index in [4.69, 9.17) is 21.1 Å². The zero-order chi connectivity index (χ0) is 12.9. The number of hydrogen-bond acceptors (Lipinski definition) is 2. The number of aromatic carboxylic acids is 1. The lowest BCUT2D eigenvalue weighted by Crippen LogP contribution is -1.95. The minimum absolute atomic E-state index is 0.0302. The highest BCUT2D eigenvalue weighted by atomic mass is 35.5. The van der Waals surface area contributed by atoms with E-state index in [9.17, 15) is 4.79 Å². The molecule has 0 amide bonds. The predicted octanol–water partition coefficient (Wildman–Crippen LogP) is 4.25. The second kappa shape index (κ2) is 3.75. The fourth-order valence-corrected chi connectivity index (χ4v) is 2.47. The fraction of sp³-hybridized carbons (Fsp3) is 0.0714. The van der Waals surface area contributed by atoms with E-state index in [2.05, 4.69) is 0 Å². The maximum atomic E-state index is 11.1. The van der Waals surface area contributed by atoms with E-state index < -0.39 is 5.97 Å². The van der Waals surface area contributed by atoms with Gasteiger partial charge in [0.1, 0.15) is 5.58 Å². The zero-order valence-corrected chi connectivity index (χ0v) is 10.3. The molecule has 0 aliphatic rings. The molecule has 1 aromatic heterocycles. The molecule has 0 unspecified atom stereocenters. The first-order valence-electron chi connectivity index (χ1n) is 5.43. The van der Waals surface area contributed by atoms with E-state index in [0.717, 1.165) is 16.2 Å². The Hall–Kier alpha value is -2.00. The third kappa shape index (κ3) is 1.41. The highest BCUT2D eigenvalue weighted by Crippen LogP contribution is 2.35. The predicted molar refractivity (Wildman–Crippen MR) is 70.4 cm³/mol. The Bertz CT molecular complexity index is 786. The minimum Gasteiger partial charge on any atom is -0.475 e. The average Bonchev–Trinajstić information content (AvgIpc) is 2.68. The number of furan rings is 1. The fourth-order valence-electron chi connectivity index (χ4n) is 2.20. The van der Waals surface area contributed by atoms with E-state index in [0.29, 0.717) is 16.2 Å². The Labute approximate surface area is 108 Å². The van der Waals surface area contributed by atoms with Gasteiger partial charge in [0.05, 0.1) is 0 Å². The standard InChI is InChI=1S/C14H9ClO3/c1-7-10-6-11(15)8-4-2-3-5-9(8)13(10)18-12(7)14(16)17/h2-6H,1H3,(H,16,17). The number of carbonyl (C=O) groups is 1. The van der Waals surface area contributed by atoms with Crippen molar-refractivity contribution in [3.63, 3.8) is 0 Å². The van der Waals surface area contributed by atoms with Gasteiger partial charge in [0.2, 0.25) is 5.76 Å². The van der Waals surface area contributed by atoms with Crippen LogP contribution >= 0.6 is 11.6 Å². The molecule has 3 rings (SSSR count). The smallest absolute Gasteiger partial charge is 0.372 e. The Morgan fingerprint density at radius 3 is 2.56 bits per heavy atom. The second-order valence-corrected chi connectivity index (χ2v) is 4.55. The summed E-state index contributed by atoms with van der Waals surface area (Å²) >= 11 is 6.21. The maximum Gasteiger partial charge on any atom is 0.372 e. The lowest BCUT2D eigenvalue weighted by Gasteiger charge is -2.01. The molecule has 3 aromatic rings. The number of fused-ring (bicyclic) bond motifs is 3. The number of hydrogen-bond donors (Lipinski definition) is 1. The van der Waals surface area contributed by atoms with Gasteiger partial charge in [-0.15, -0.1) is 0 Å². The van der Waals surface area contributed by atoms with Crippen LogP contribution in [0.1, 0.15) is 16.1 Å². The first kappa shape index (κ1) is 11.1. The monoisotopic (exact) mass is 260 g/mol. The van der Waals surface area contributed by atoms with Crippen molar-refractivity contribution in [3.05, 3.63) is 46.7 Å². The molecule has 2 aromatic carbocycles. The van der Waals surface area contributed by atoms with Crippen molar-refractivity contribution in [3.8, 4) is 0 Å². The maximum absolute atomic E-state index is 11.1. The van der Waals surface area contributed by atoms with Crippen molar-refractivity contribution in [2.45, 2.75) is 6.92 Å². The molecule has 3 nitrogen and oxygen atoms in total. The summed E-state index contributed by atoms with van der Waals surface area (Å²) < 4.78 is 5.47. The molecule has 90 valence electrons. The van der Waals surface area contributed by atoms with Gasteiger partial charge in [-0.25, -0.2) is 4.79 Å². The summed E-state index contributed by atoms with van der Waals surface area (Å²) in [5.41, 5.74) is 1.18. The van der Waals surface area contributed by atoms with Crippen LogP contribution in [0.25, 0.3) is 21.7 Å². The van der Waals surface area contributed by atoms with Gasteiger partial charge in [-0.3, -0.25) is 0 Å². The van der Waals surface area contributed by atoms with Crippen molar-refractivity contribution < 1.29 is 14.3 Å². The van der Waals surface area contributed by atoms with Crippen LogP contribution in [0, 0.1) is 6.92 Å². The van der Waals surface area contributed by atoms with Crippen LogP contribution in [0.2, 0.25) is 5.02 Å². The van der Waals surface area contributed by atoms with Gasteiger partial charge < -0.3 is 9.52 Å². The van der Waals surface area contributed by atoms with Crippen molar-refractivity contribution in [2.24, 2.45) is 0 Å². The van der Waals surface area contributed by atoms with E-state index >= 15 is 0 Å². The highest BCUT2D eigenvalue weighted by Gasteiger charge is 2.19. The quantitative estimate of drug-likeness (QED) is 0.712. The summed E-state index contributed by atoms with van der Waals surface area (Å²) in [6.45, 7) is 1.72. The first-order chi connectivity index (χ1) is 8.59. The number of benzene rings is 2. The SMILES string of the molecule is Cc1c(C(=O)O)oc2c1cc(Cl)c1ccccc12. The van der Waals surface area contributed by atoms with Crippen LogP contribution < -0.4 is 0 Å². The van der Waals surface area contributed by atoms with E-state index in [-0.39, 0.29) is 5.76 Å².